The fraction of sp³-hybridized carbons (Fsp3) is 0.125. The van der Waals surface area contributed by atoms with Gasteiger partial charge < -0.3 is 16.0 Å². The summed E-state index contributed by atoms with van der Waals surface area (Å²) in [5, 5.41) is 8.85. The van der Waals surface area contributed by atoms with Gasteiger partial charge in [0.2, 0.25) is 0 Å². The molecule has 3 rings (SSSR count). The van der Waals surface area contributed by atoms with Crippen molar-refractivity contribution in [1.82, 2.24) is 0 Å². The summed E-state index contributed by atoms with van der Waals surface area (Å²) in [5.41, 5.74) is -0.0954. The fourth-order valence-electron chi connectivity index (χ4n) is 2.79. The maximum atomic E-state index is 13.7. The van der Waals surface area contributed by atoms with Crippen LogP contribution in [0.5, 0.6) is 17.2 Å². The number of ether oxygens (including phenoxy) is 2. The van der Waals surface area contributed by atoms with Crippen molar-refractivity contribution in [1.29, 1.82) is 0 Å². The summed E-state index contributed by atoms with van der Waals surface area (Å²) in [6.07, 6.45) is -1.53. The van der Waals surface area contributed by atoms with Gasteiger partial charge in [-0.15, -0.1) is 0 Å². The molecule has 0 aliphatic heterocycles. The van der Waals surface area contributed by atoms with Gasteiger partial charge in [0.15, 0.2) is 0 Å². The molecule has 168 valence electrons. The van der Waals surface area contributed by atoms with Crippen molar-refractivity contribution in [3.05, 3.63) is 95.3 Å². The molecule has 9 heteroatoms. The van der Waals surface area contributed by atoms with Crippen LogP contribution >= 0.6 is 0 Å². The average molecular weight is 470 g/mol. The summed E-state index contributed by atoms with van der Waals surface area (Å²) in [6.45, 7) is 0.170. The minimum atomic E-state index is -4.37. The molecule has 0 fully saturated rings. The van der Waals surface area contributed by atoms with Crippen molar-refractivity contribution < 1.29 is 67.9 Å². The van der Waals surface area contributed by atoms with E-state index in [0.29, 0.717) is 17.1 Å². The molecule has 0 radical (unpaired) electrons. The van der Waals surface area contributed by atoms with Crippen LogP contribution in [0.2, 0.25) is 0 Å². The van der Waals surface area contributed by atoms with Crippen molar-refractivity contribution >= 4 is 12.0 Å². The molecule has 0 aromatic heterocycles. The van der Waals surface area contributed by atoms with Gasteiger partial charge >= 0.3 is 41.7 Å². The van der Waals surface area contributed by atoms with Crippen LogP contribution in [0.4, 0.5) is 17.6 Å². The molecule has 3 aromatic rings. The zero-order chi connectivity index (χ0) is 23.1. The van der Waals surface area contributed by atoms with Gasteiger partial charge in [0.25, 0.3) is 0 Å². The quantitative estimate of drug-likeness (QED) is 0.405. The first-order chi connectivity index (χ1) is 15.2. The number of hydrogen-bond donors (Lipinski definition) is 1. The van der Waals surface area contributed by atoms with Crippen LogP contribution in [0.3, 0.4) is 0 Å². The Morgan fingerprint density at radius 1 is 0.970 bits per heavy atom. The number of hydrogen-bond acceptors (Lipinski definition) is 3. The minimum Gasteiger partial charge on any atom is -1.00 e. The van der Waals surface area contributed by atoms with E-state index >= 15 is 0 Å². The Morgan fingerprint density at radius 2 is 1.64 bits per heavy atom. The molecular formula is C24H19F4NaO4. The molecule has 0 aliphatic rings. The van der Waals surface area contributed by atoms with Gasteiger partial charge in [-0.05, 0) is 54.1 Å². The van der Waals surface area contributed by atoms with Crippen LogP contribution in [-0.2, 0) is 17.4 Å². The molecule has 1 N–H and O–H groups in total. The maximum Gasteiger partial charge on any atom is 1.00 e. The number of halogens is 4. The van der Waals surface area contributed by atoms with E-state index in [0.717, 1.165) is 18.2 Å². The Labute approximate surface area is 211 Å². The predicted octanol–water partition coefficient (Wildman–Crippen LogP) is 3.47. The first-order valence-electron chi connectivity index (χ1n) is 9.45. The van der Waals surface area contributed by atoms with Gasteiger partial charge in [0.05, 0.1) is 12.0 Å². The first kappa shape index (κ1) is 26.4. The zero-order valence-corrected chi connectivity index (χ0v) is 19.6. The van der Waals surface area contributed by atoms with E-state index in [2.05, 4.69) is 0 Å². The van der Waals surface area contributed by atoms with E-state index in [-0.39, 0.29) is 48.9 Å². The molecule has 4 nitrogen and oxygen atoms in total. The van der Waals surface area contributed by atoms with Gasteiger partial charge in [0.1, 0.15) is 29.7 Å². The number of carboxylic acids is 1. The summed E-state index contributed by atoms with van der Waals surface area (Å²) < 4.78 is 62.7. The topological polar surface area (TPSA) is 55.8 Å². The van der Waals surface area contributed by atoms with E-state index in [9.17, 15) is 22.4 Å². The van der Waals surface area contributed by atoms with Crippen molar-refractivity contribution in [2.24, 2.45) is 0 Å². The van der Waals surface area contributed by atoms with E-state index in [1.165, 1.54) is 24.3 Å². The number of rotatable bonds is 8. The Morgan fingerprint density at radius 3 is 2.30 bits per heavy atom. The summed E-state index contributed by atoms with van der Waals surface area (Å²) >= 11 is 0. The first-order valence-corrected chi connectivity index (χ1v) is 9.45. The minimum absolute atomic E-state index is 0. The maximum absolute atomic E-state index is 13.7. The van der Waals surface area contributed by atoms with Crippen LogP contribution in [0.15, 0.2) is 72.8 Å². The zero-order valence-electron chi connectivity index (χ0n) is 18.6. The number of aliphatic carboxylic acids is 1. The van der Waals surface area contributed by atoms with Crippen molar-refractivity contribution in [2.45, 2.75) is 12.6 Å². The number of benzene rings is 3. The van der Waals surface area contributed by atoms with E-state index in [4.69, 9.17) is 14.6 Å². The molecule has 33 heavy (non-hydrogen) atoms. The Bertz CT molecular complexity index is 1120. The third kappa shape index (κ3) is 8.24. The van der Waals surface area contributed by atoms with Gasteiger partial charge in [-0.1, -0.05) is 24.3 Å². The average Bonchev–Trinajstić information content (AvgIpc) is 2.73. The molecule has 0 unspecified atom stereocenters. The summed E-state index contributed by atoms with van der Waals surface area (Å²) in [4.78, 5) is 10.8. The van der Waals surface area contributed by atoms with Crippen LogP contribution in [0.1, 0.15) is 18.1 Å². The molecule has 0 bridgehead atoms. The van der Waals surface area contributed by atoms with Crippen LogP contribution < -0.4 is 39.0 Å². The molecule has 0 saturated heterocycles. The van der Waals surface area contributed by atoms with Crippen molar-refractivity contribution in [3.8, 4) is 17.2 Å². The number of alkyl halides is 3. The summed E-state index contributed by atoms with van der Waals surface area (Å²) in [5.74, 6) is -0.617. The summed E-state index contributed by atoms with van der Waals surface area (Å²) in [6, 6.07) is 15.3. The molecule has 0 spiro atoms. The predicted molar refractivity (Wildman–Crippen MR) is 111 cm³/mol. The SMILES string of the molecule is O=C(O)Cc1cc(Oc2cccc(OCC=Cc3ccc(C(F)(F)F)cc3)c2)ccc1F.[H-].[Na+]. The monoisotopic (exact) mass is 470 g/mol. The van der Waals surface area contributed by atoms with E-state index < -0.39 is 29.9 Å². The molecule has 0 atom stereocenters. The van der Waals surface area contributed by atoms with Crippen LogP contribution in [-0.4, -0.2) is 17.7 Å². The third-order valence-electron chi connectivity index (χ3n) is 4.29. The van der Waals surface area contributed by atoms with Gasteiger partial charge in [0, 0.05) is 11.6 Å². The second-order valence-electron chi connectivity index (χ2n) is 6.73. The van der Waals surface area contributed by atoms with E-state index in [1.807, 2.05) is 0 Å². The molecule has 3 aromatic carbocycles. The molecule has 0 amide bonds. The van der Waals surface area contributed by atoms with E-state index in [1.54, 1.807) is 36.4 Å². The Balaban J connectivity index is 0.00000289. The van der Waals surface area contributed by atoms with Crippen LogP contribution in [0, 0.1) is 5.82 Å². The second kappa shape index (κ2) is 11.9. The second-order valence-corrected chi connectivity index (χ2v) is 6.73. The van der Waals surface area contributed by atoms with Crippen LogP contribution in [0.25, 0.3) is 6.08 Å². The largest absolute Gasteiger partial charge is 1.00 e. The molecule has 0 saturated carbocycles. The smallest absolute Gasteiger partial charge is 1.00 e. The van der Waals surface area contributed by atoms with Gasteiger partial charge in [-0.3, -0.25) is 4.79 Å². The molecule has 0 aliphatic carbocycles. The third-order valence-corrected chi connectivity index (χ3v) is 4.29. The Hall–Kier alpha value is -2.81. The summed E-state index contributed by atoms with van der Waals surface area (Å²) in [7, 11) is 0. The number of carboxylic acid groups (broad SMARTS) is 1. The molecule has 0 heterocycles. The van der Waals surface area contributed by atoms with Crippen molar-refractivity contribution in [3.63, 3.8) is 0 Å². The Kier molecular flexibility index (Phi) is 9.52. The van der Waals surface area contributed by atoms with Gasteiger partial charge in [-0.25, -0.2) is 4.39 Å². The molecular weight excluding hydrogens is 451 g/mol. The normalized spacial score (nSPS) is 11.2. The van der Waals surface area contributed by atoms with Crippen molar-refractivity contribution in [2.75, 3.05) is 6.61 Å². The number of carbonyl (C=O) groups is 1. The van der Waals surface area contributed by atoms with Gasteiger partial charge in [-0.2, -0.15) is 13.2 Å². The fourth-order valence-corrected chi connectivity index (χ4v) is 2.79. The standard InChI is InChI=1S/C24H18F4O4.Na.H/c25-22-11-10-21(13-17(22)14-23(29)30)32-20-5-1-4-19(15-20)31-12-2-3-16-6-8-18(9-7-16)24(26,27)28;;/h1-11,13,15H,12,14H2,(H,29,30);;/q;+1;-1.